The zero-order valence-electron chi connectivity index (χ0n) is 10.8. The second kappa shape index (κ2) is 5.93. The predicted octanol–water partition coefficient (Wildman–Crippen LogP) is 4.01. The molecule has 0 fully saturated rings. The topological polar surface area (TPSA) is 57.4 Å². The number of benzene rings is 1. The molecule has 4 nitrogen and oxygen atoms in total. The Morgan fingerprint density at radius 2 is 1.89 bits per heavy atom. The van der Waals surface area contributed by atoms with Gasteiger partial charge in [-0.05, 0) is 48.0 Å². The van der Waals surface area contributed by atoms with Gasteiger partial charge in [0.1, 0.15) is 5.75 Å². The average Bonchev–Trinajstić information content (AvgIpc) is 2.35. The van der Waals surface area contributed by atoms with Crippen molar-refractivity contribution >= 4 is 21.6 Å². The SMILES string of the molecule is CC(C)Oc1nc(Oc2ccccc2Br)ccc1N. The summed E-state index contributed by atoms with van der Waals surface area (Å²) < 4.78 is 12.1. The number of hydrogen-bond acceptors (Lipinski definition) is 4. The second-order valence-electron chi connectivity index (χ2n) is 4.24. The van der Waals surface area contributed by atoms with Gasteiger partial charge in [0.25, 0.3) is 0 Å². The van der Waals surface area contributed by atoms with Crippen LogP contribution in [0.1, 0.15) is 13.8 Å². The first-order chi connectivity index (χ1) is 9.06. The normalized spacial score (nSPS) is 10.5. The lowest BCUT2D eigenvalue weighted by atomic mass is 10.3. The van der Waals surface area contributed by atoms with Gasteiger partial charge in [0.15, 0.2) is 0 Å². The summed E-state index contributed by atoms with van der Waals surface area (Å²) in [6.07, 6.45) is 0.00788. The number of pyridine rings is 1. The van der Waals surface area contributed by atoms with E-state index in [0.29, 0.717) is 23.2 Å². The first-order valence-corrected chi connectivity index (χ1v) is 6.71. The van der Waals surface area contributed by atoms with E-state index >= 15 is 0 Å². The lowest BCUT2D eigenvalue weighted by molar-refractivity contribution is 0.232. The molecule has 5 heteroatoms. The van der Waals surface area contributed by atoms with E-state index < -0.39 is 0 Å². The number of nitrogen functional groups attached to an aromatic ring is 1. The van der Waals surface area contributed by atoms with Crippen molar-refractivity contribution in [2.75, 3.05) is 5.73 Å². The molecule has 0 amide bonds. The van der Waals surface area contributed by atoms with Crippen molar-refractivity contribution in [1.29, 1.82) is 0 Å². The van der Waals surface area contributed by atoms with Crippen LogP contribution in [0.5, 0.6) is 17.5 Å². The van der Waals surface area contributed by atoms with Gasteiger partial charge in [-0.15, -0.1) is 0 Å². The first-order valence-electron chi connectivity index (χ1n) is 5.92. The minimum absolute atomic E-state index is 0.00788. The van der Waals surface area contributed by atoms with Crippen LogP contribution in [0.25, 0.3) is 0 Å². The standard InChI is InChI=1S/C14H15BrN2O2/c1-9(2)18-14-11(16)7-8-13(17-14)19-12-6-4-3-5-10(12)15/h3-9H,16H2,1-2H3. The molecule has 0 bridgehead atoms. The highest BCUT2D eigenvalue weighted by atomic mass is 79.9. The van der Waals surface area contributed by atoms with Crippen LogP contribution in [0.15, 0.2) is 40.9 Å². The maximum atomic E-state index is 5.81. The molecule has 2 aromatic rings. The van der Waals surface area contributed by atoms with Crippen molar-refractivity contribution < 1.29 is 9.47 Å². The van der Waals surface area contributed by atoms with Crippen LogP contribution in [0.4, 0.5) is 5.69 Å². The van der Waals surface area contributed by atoms with Crippen molar-refractivity contribution in [2.45, 2.75) is 20.0 Å². The maximum absolute atomic E-state index is 5.81. The average molecular weight is 323 g/mol. The van der Waals surface area contributed by atoms with Crippen LogP contribution in [0, 0.1) is 0 Å². The molecule has 0 radical (unpaired) electrons. The zero-order chi connectivity index (χ0) is 13.8. The van der Waals surface area contributed by atoms with Crippen molar-refractivity contribution in [3.63, 3.8) is 0 Å². The highest BCUT2D eigenvalue weighted by Crippen LogP contribution is 2.30. The summed E-state index contributed by atoms with van der Waals surface area (Å²) in [7, 11) is 0. The van der Waals surface area contributed by atoms with Crippen LogP contribution in [0.2, 0.25) is 0 Å². The van der Waals surface area contributed by atoms with Crippen LogP contribution < -0.4 is 15.2 Å². The third kappa shape index (κ3) is 3.61. The summed E-state index contributed by atoms with van der Waals surface area (Å²) in [5.41, 5.74) is 6.30. The molecule has 0 atom stereocenters. The number of para-hydroxylation sites is 1. The molecule has 1 aromatic carbocycles. The number of nitrogens with two attached hydrogens (primary N) is 1. The summed E-state index contributed by atoms with van der Waals surface area (Å²) in [4.78, 5) is 4.26. The Labute approximate surface area is 120 Å². The largest absolute Gasteiger partial charge is 0.473 e. The number of halogens is 1. The summed E-state index contributed by atoms with van der Waals surface area (Å²) in [5.74, 6) is 1.52. The number of rotatable bonds is 4. The minimum Gasteiger partial charge on any atom is -0.473 e. The molecule has 0 saturated carbocycles. The second-order valence-corrected chi connectivity index (χ2v) is 5.10. The molecule has 0 aliphatic carbocycles. The van der Waals surface area contributed by atoms with E-state index in [2.05, 4.69) is 20.9 Å². The van der Waals surface area contributed by atoms with Gasteiger partial charge in [-0.1, -0.05) is 12.1 Å². The number of ether oxygens (including phenoxy) is 2. The number of aromatic nitrogens is 1. The molecule has 1 heterocycles. The van der Waals surface area contributed by atoms with Gasteiger partial charge in [-0.2, -0.15) is 4.98 Å². The highest BCUT2D eigenvalue weighted by molar-refractivity contribution is 9.10. The van der Waals surface area contributed by atoms with Crippen LogP contribution in [0.3, 0.4) is 0 Å². The van der Waals surface area contributed by atoms with Crippen molar-refractivity contribution in [2.24, 2.45) is 0 Å². The summed E-state index contributed by atoms with van der Waals surface area (Å²) in [5, 5.41) is 0. The van der Waals surface area contributed by atoms with Crippen LogP contribution in [-0.2, 0) is 0 Å². The monoisotopic (exact) mass is 322 g/mol. The molecular formula is C14H15BrN2O2. The lowest BCUT2D eigenvalue weighted by Crippen LogP contribution is -2.09. The van der Waals surface area contributed by atoms with E-state index in [9.17, 15) is 0 Å². The summed E-state index contributed by atoms with van der Waals surface area (Å²) >= 11 is 3.42. The van der Waals surface area contributed by atoms with Gasteiger partial charge in [-0.3, -0.25) is 0 Å². The fraction of sp³-hybridized carbons (Fsp3) is 0.214. The molecule has 0 aliphatic heterocycles. The van der Waals surface area contributed by atoms with Gasteiger partial charge in [-0.25, -0.2) is 0 Å². The summed E-state index contributed by atoms with van der Waals surface area (Å²) in [6, 6.07) is 11.0. The molecule has 1 aromatic heterocycles. The van der Waals surface area contributed by atoms with Crippen molar-refractivity contribution in [1.82, 2.24) is 4.98 Å². The Morgan fingerprint density at radius 3 is 2.58 bits per heavy atom. The van der Waals surface area contributed by atoms with Gasteiger partial charge in [0.2, 0.25) is 11.8 Å². The maximum Gasteiger partial charge on any atom is 0.240 e. The van der Waals surface area contributed by atoms with Gasteiger partial charge < -0.3 is 15.2 Å². The van der Waals surface area contributed by atoms with E-state index in [4.69, 9.17) is 15.2 Å². The van der Waals surface area contributed by atoms with Gasteiger partial charge in [0, 0.05) is 6.07 Å². The third-order valence-corrected chi connectivity index (χ3v) is 2.92. The molecule has 0 aliphatic rings. The van der Waals surface area contributed by atoms with E-state index in [-0.39, 0.29) is 6.10 Å². The fourth-order valence-electron chi connectivity index (χ4n) is 1.45. The summed E-state index contributed by atoms with van der Waals surface area (Å²) in [6.45, 7) is 3.84. The predicted molar refractivity (Wildman–Crippen MR) is 78.6 cm³/mol. The van der Waals surface area contributed by atoms with E-state index in [0.717, 1.165) is 4.47 Å². The Morgan fingerprint density at radius 1 is 1.16 bits per heavy atom. The Balaban J connectivity index is 2.24. The molecular weight excluding hydrogens is 308 g/mol. The molecule has 2 N–H and O–H groups in total. The van der Waals surface area contributed by atoms with Crippen LogP contribution >= 0.6 is 15.9 Å². The Bertz CT molecular complexity index is 573. The first kappa shape index (κ1) is 13.7. The smallest absolute Gasteiger partial charge is 0.240 e. The minimum atomic E-state index is 0.00788. The number of hydrogen-bond donors (Lipinski definition) is 1. The molecule has 0 spiro atoms. The number of nitrogens with zero attached hydrogens (tertiary/aromatic N) is 1. The van der Waals surface area contributed by atoms with E-state index in [1.54, 1.807) is 12.1 Å². The Hall–Kier alpha value is -1.75. The fourth-order valence-corrected chi connectivity index (χ4v) is 1.81. The third-order valence-electron chi connectivity index (χ3n) is 2.26. The zero-order valence-corrected chi connectivity index (χ0v) is 12.3. The molecule has 19 heavy (non-hydrogen) atoms. The van der Waals surface area contributed by atoms with E-state index in [1.807, 2.05) is 38.1 Å². The van der Waals surface area contributed by atoms with Crippen molar-refractivity contribution in [3.05, 3.63) is 40.9 Å². The van der Waals surface area contributed by atoms with E-state index in [1.165, 1.54) is 0 Å². The quantitative estimate of drug-likeness (QED) is 0.924. The molecule has 0 saturated heterocycles. The molecule has 2 rings (SSSR count). The lowest BCUT2D eigenvalue weighted by Gasteiger charge is -2.12. The Kier molecular flexibility index (Phi) is 4.27. The highest BCUT2D eigenvalue weighted by Gasteiger charge is 2.09. The number of anilines is 1. The van der Waals surface area contributed by atoms with Gasteiger partial charge >= 0.3 is 0 Å². The molecule has 0 unspecified atom stereocenters. The van der Waals surface area contributed by atoms with Gasteiger partial charge in [0.05, 0.1) is 16.3 Å². The van der Waals surface area contributed by atoms with Crippen LogP contribution in [-0.4, -0.2) is 11.1 Å². The molecule has 100 valence electrons. The van der Waals surface area contributed by atoms with Crippen molar-refractivity contribution in [3.8, 4) is 17.5 Å².